The fourth-order valence-corrected chi connectivity index (χ4v) is 3.38. The minimum Gasteiger partial charge on any atom is -0.349 e. The van der Waals surface area contributed by atoms with E-state index in [-0.39, 0.29) is 36.6 Å². The summed E-state index contributed by atoms with van der Waals surface area (Å²) in [5, 5.41) is 11.4. The number of nitrogens with one attached hydrogen (secondary N) is 1. The molecular weight excluding hydrogens is 361 g/mol. The van der Waals surface area contributed by atoms with Crippen LogP contribution in [0.25, 0.3) is 11.0 Å². The van der Waals surface area contributed by atoms with Crippen molar-refractivity contribution in [2.75, 3.05) is 13.1 Å². The summed E-state index contributed by atoms with van der Waals surface area (Å²) >= 11 is 0. The van der Waals surface area contributed by atoms with Gasteiger partial charge in [-0.25, -0.2) is 4.39 Å². The van der Waals surface area contributed by atoms with Crippen molar-refractivity contribution in [3.8, 4) is 0 Å². The number of benzene rings is 2. The first-order chi connectivity index (χ1) is 13.6. The number of halogens is 1. The Morgan fingerprint density at radius 1 is 1.11 bits per heavy atom. The summed E-state index contributed by atoms with van der Waals surface area (Å²) in [6.07, 6.45) is 0.931. The molecule has 0 saturated carbocycles. The van der Waals surface area contributed by atoms with Gasteiger partial charge in [-0.3, -0.25) is 9.59 Å². The van der Waals surface area contributed by atoms with Gasteiger partial charge in [0.2, 0.25) is 11.8 Å². The predicted molar refractivity (Wildman–Crippen MR) is 101 cm³/mol. The molecule has 1 aliphatic heterocycles. The van der Waals surface area contributed by atoms with Gasteiger partial charge in [0.1, 0.15) is 23.4 Å². The summed E-state index contributed by atoms with van der Waals surface area (Å²) in [6, 6.07) is 13.5. The van der Waals surface area contributed by atoms with Crippen molar-refractivity contribution in [2.45, 2.75) is 25.4 Å². The molecule has 8 heteroatoms. The highest BCUT2D eigenvalue weighted by Gasteiger charge is 2.30. The van der Waals surface area contributed by atoms with E-state index in [1.54, 1.807) is 17.0 Å². The molecule has 1 aromatic heterocycles. The smallest absolute Gasteiger partial charge is 0.243 e. The maximum absolute atomic E-state index is 13.0. The predicted octanol–water partition coefficient (Wildman–Crippen LogP) is 1.53. The van der Waals surface area contributed by atoms with Gasteiger partial charge in [0.05, 0.1) is 6.04 Å². The minimum absolute atomic E-state index is 0.00888. The lowest BCUT2D eigenvalue weighted by Gasteiger charge is -2.17. The van der Waals surface area contributed by atoms with Gasteiger partial charge in [0.25, 0.3) is 0 Å². The highest BCUT2D eigenvalue weighted by Crippen LogP contribution is 2.13. The van der Waals surface area contributed by atoms with E-state index in [1.165, 1.54) is 16.9 Å². The highest BCUT2D eigenvalue weighted by atomic mass is 19.1. The van der Waals surface area contributed by atoms with Crippen LogP contribution in [0.2, 0.25) is 0 Å². The summed E-state index contributed by atoms with van der Waals surface area (Å²) in [5.74, 6) is -0.489. The lowest BCUT2D eigenvalue weighted by atomic mass is 10.1. The van der Waals surface area contributed by atoms with E-state index in [4.69, 9.17) is 0 Å². The molecular formula is C20H20FN5O2. The Bertz CT molecular complexity index is 968. The van der Waals surface area contributed by atoms with Crippen molar-refractivity contribution in [2.24, 2.45) is 0 Å². The quantitative estimate of drug-likeness (QED) is 0.702. The number of amides is 2. The van der Waals surface area contributed by atoms with Gasteiger partial charge in [-0.15, -0.1) is 0 Å². The second kappa shape index (κ2) is 7.75. The molecule has 0 bridgehead atoms. The van der Waals surface area contributed by atoms with E-state index in [0.29, 0.717) is 19.5 Å². The largest absolute Gasteiger partial charge is 0.349 e. The molecule has 0 spiro atoms. The standard InChI is InChI=1S/C20H20FN5O2/c21-15-7-5-14(6-8-15)9-10-25-12-16(11-20(25)28)22-19(27)13-26-23-17-3-1-2-4-18(17)24-26/h1-8,16H,9-13H2,(H,22,27). The van der Waals surface area contributed by atoms with Gasteiger partial charge < -0.3 is 10.2 Å². The van der Waals surface area contributed by atoms with Crippen LogP contribution >= 0.6 is 0 Å². The van der Waals surface area contributed by atoms with Gasteiger partial charge in [0, 0.05) is 19.5 Å². The average Bonchev–Trinajstić information content (AvgIpc) is 3.23. The van der Waals surface area contributed by atoms with Gasteiger partial charge in [-0.05, 0) is 36.2 Å². The number of hydrogen-bond donors (Lipinski definition) is 1. The maximum Gasteiger partial charge on any atom is 0.243 e. The molecule has 1 unspecified atom stereocenters. The Kier molecular flexibility index (Phi) is 5.01. The van der Waals surface area contributed by atoms with Crippen LogP contribution in [0.1, 0.15) is 12.0 Å². The summed E-state index contributed by atoms with van der Waals surface area (Å²) in [7, 11) is 0. The number of hydrogen-bond acceptors (Lipinski definition) is 4. The summed E-state index contributed by atoms with van der Waals surface area (Å²) < 4.78 is 13.0. The van der Waals surface area contributed by atoms with Crippen LogP contribution in [-0.4, -0.2) is 50.8 Å². The van der Waals surface area contributed by atoms with Gasteiger partial charge in [-0.2, -0.15) is 15.0 Å². The van der Waals surface area contributed by atoms with Crippen molar-refractivity contribution >= 4 is 22.8 Å². The Hall–Kier alpha value is -3.29. The van der Waals surface area contributed by atoms with Crippen LogP contribution < -0.4 is 5.32 Å². The second-order valence-electron chi connectivity index (χ2n) is 6.90. The lowest BCUT2D eigenvalue weighted by Crippen LogP contribution is -2.39. The van der Waals surface area contributed by atoms with E-state index in [0.717, 1.165) is 16.6 Å². The highest BCUT2D eigenvalue weighted by molar-refractivity contribution is 5.82. The van der Waals surface area contributed by atoms with Crippen LogP contribution in [0, 0.1) is 5.82 Å². The molecule has 2 heterocycles. The molecule has 2 aromatic carbocycles. The van der Waals surface area contributed by atoms with Crippen LogP contribution in [-0.2, 0) is 22.6 Å². The van der Waals surface area contributed by atoms with Gasteiger partial charge in [0.15, 0.2) is 0 Å². The molecule has 1 fully saturated rings. The normalized spacial score (nSPS) is 16.7. The molecule has 0 radical (unpaired) electrons. The Labute approximate surface area is 161 Å². The topological polar surface area (TPSA) is 80.1 Å². The number of likely N-dealkylation sites (tertiary alicyclic amines) is 1. The zero-order chi connectivity index (χ0) is 19.5. The van der Waals surface area contributed by atoms with Crippen molar-refractivity contribution in [1.82, 2.24) is 25.2 Å². The minimum atomic E-state index is -0.275. The van der Waals surface area contributed by atoms with E-state index in [9.17, 15) is 14.0 Å². The Balaban J connectivity index is 1.28. The van der Waals surface area contributed by atoms with Crippen LogP contribution in [0.15, 0.2) is 48.5 Å². The van der Waals surface area contributed by atoms with E-state index in [2.05, 4.69) is 15.5 Å². The molecule has 1 N–H and O–H groups in total. The molecule has 2 amide bonds. The number of carbonyl (C=O) groups excluding carboxylic acids is 2. The molecule has 7 nitrogen and oxygen atoms in total. The SMILES string of the molecule is O=C(Cn1nc2ccccc2n1)NC1CC(=O)N(CCc2ccc(F)cc2)C1. The van der Waals surface area contributed by atoms with Gasteiger partial charge >= 0.3 is 0 Å². The second-order valence-corrected chi connectivity index (χ2v) is 6.90. The summed E-state index contributed by atoms with van der Waals surface area (Å²) in [5.41, 5.74) is 2.44. The average molecular weight is 381 g/mol. The van der Waals surface area contributed by atoms with Crippen LogP contribution in [0.4, 0.5) is 4.39 Å². The summed E-state index contributed by atoms with van der Waals surface area (Å²) in [4.78, 5) is 27.6. The van der Waals surface area contributed by atoms with Crippen molar-refractivity contribution < 1.29 is 14.0 Å². The summed E-state index contributed by atoms with van der Waals surface area (Å²) in [6.45, 7) is 1.03. The molecule has 0 aliphatic carbocycles. The third kappa shape index (κ3) is 4.16. The van der Waals surface area contributed by atoms with Crippen LogP contribution in [0.3, 0.4) is 0 Å². The molecule has 28 heavy (non-hydrogen) atoms. The first kappa shape index (κ1) is 18.1. The molecule has 1 aliphatic rings. The number of nitrogens with zero attached hydrogens (tertiary/aromatic N) is 4. The number of carbonyl (C=O) groups is 2. The number of fused-ring (bicyclic) bond motifs is 1. The zero-order valence-corrected chi connectivity index (χ0v) is 15.2. The van der Waals surface area contributed by atoms with Crippen LogP contribution in [0.5, 0.6) is 0 Å². The molecule has 4 rings (SSSR count). The first-order valence-corrected chi connectivity index (χ1v) is 9.18. The maximum atomic E-state index is 13.0. The monoisotopic (exact) mass is 381 g/mol. The molecule has 1 atom stereocenters. The van der Waals surface area contributed by atoms with Crippen molar-refractivity contribution in [1.29, 1.82) is 0 Å². The van der Waals surface area contributed by atoms with E-state index < -0.39 is 0 Å². The van der Waals surface area contributed by atoms with E-state index in [1.807, 2.05) is 24.3 Å². The van der Waals surface area contributed by atoms with E-state index >= 15 is 0 Å². The fraction of sp³-hybridized carbons (Fsp3) is 0.300. The van der Waals surface area contributed by atoms with Crippen molar-refractivity contribution in [3.63, 3.8) is 0 Å². The third-order valence-corrected chi connectivity index (χ3v) is 4.78. The lowest BCUT2D eigenvalue weighted by molar-refractivity contribution is -0.127. The Morgan fingerprint density at radius 2 is 1.79 bits per heavy atom. The van der Waals surface area contributed by atoms with Crippen molar-refractivity contribution in [3.05, 3.63) is 59.9 Å². The molecule has 144 valence electrons. The Morgan fingerprint density at radius 3 is 2.46 bits per heavy atom. The zero-order valence-electron chi connectivity index (χ0n) is 15.2. The fourth-order valence-electron chi connectivity index (χ4n) is 3.38. The van der Waals surface area contributed by atoms with Gasteiger partial charge in [-0.1, -0.05) is 24.3 Å². The molecule has 1 saturated heterocycles. The molecule has 3 aromatic rings. The number of aromatic nitrogens is 3. The third-order valence-electron chi connectivity index (χ3n) is 4.78. The number of rotatable bonds is 6. The first-order valence-electron chi connectivity index (χ1n) is 9.18.